The highest BCUT2D eigenvalue weighted by atomic mass is 16.4. The molecule has 0 aliphatic heterocycles. The minimum absolute atomic E-state index is 0.272. The molecule has 2 amide bonds. The van der Waals surface area contributed by atoms with Crippen molar-refractivity contribution < 1.29 is 14.7 Å². The van der Waals surface area contributed by atoms with Crippen LogP contribution in [0.5, 0.6) is 0 Å². The van der Waals surface area contributed by atoms with Crippen LogP contribution in [0, 0.1) is 5.92 Å². The van der Waals surface area contributed by atoms with Gasteiger partial charge in [0.1, 0.15) is 6.04 Å². The Kier molecular flexibility index (Phi) is 6.67. The minimum atomic E-state index is -0.957. The van der Waals surface area contributed by atoms with Crippen molar-refractivity contribution >= 4 is 12.0 Å². The second-order valence-electron chi connectivity index (χ2n) is 5.51. The summed E-state index contributed by atoms with van der Waals surface area (Å²) in [4.78, 5) is 24.6. The first kappa shape index (κ1) is 15.8. The lowest BCUT2D eigenvalue weighted by molar-refractivity contribution is -0.139. The summed E-state index contributed by atoms with van der Waals surface area (Å²) in [6.07, 6.45) is 7.34. The molecule has 0 bridgehead atoms. The Morgan fingerprint density at radius 2 is 1.95 bits per heavy atom. The largest absolute Gasteiger partial charge is 0.480 e. The van der Waals surface area contributed by atoms with Crippen molar-refractivity contribution in [3.8, 4) is 0 Å². The quantitative estimate of drug-likeness (QED) is 0.779. The highest BCUT2D eigenvalue weighted by molar-refractivity contribution is 5.82. The van der Waals surface area contributed by atoms with Gasteiger partial charge in [-0.1, -0.05) is 32.6 Å². The van der Waals surface area contributed by atoms with Crippen LogP contribution in [0.25, 0.3) is 0 Å². The summed E-state index contributed by atoms with van der Waals surface area (Å²) in [5, 5.41) is 11.6. The summed E-state index contributed by atoms with van der Waals surface area (Å²) < 4.78 is 0. The van der Waals surface area contributed by atoms with Gasteiger partial charge in [0.15, 0.2) is 0 Å². The van der Waals surface area contributed by atoms with E-state index in [1.165, 1.54) is 32.1 Å². The number of carboxylic acids is 1. The molecule has 1 aliphatic rings. The van der Waals surface area contributed by atoms with Gasteiger partial charge >= 0.3 is 12.0 Å². The number of amides is 2. The zero-order valence-corrected chi connectivity index (χ0v) is 12.0. The van der Waals surface area contributed by atoms with Crippen LogP contribution in [0.4, 0.5) is 4.79 Å². The number of carbonyl (C=O) groups excluding carboxylic acids is 1. The molecule has 5 nitrogen and oxygen atoms in total. The number of urea groups is 1. The maximum Gasteiger partial charge on any atom is 0.326 e. The van der Waals surface area contributed by atoms with Crippen molar-refractivity contribution in [3.63, 3.8) is 0 Å². The lowest BCUT2D eigenvalue weighted by Gasteiger charge is -2.28. The van der Waals surface area contributed by atoms with E-state index in [-0.39, 0.29) is 6.03 Å². The molecule has 110 valence electrons. The highest BCUT2D eigenvalue weighted by Crippen LogP contribution is 2.24. The number of nitrogens with zero attached hydrogens (tertiary/aromatic N) is 1. The lowest BCUT2D eigenvalue weighted by Crippen LogP contribution is -2.47. The number of nitrogens with one attached hydrogen (secondary N) is 1. The fourth-order valence-electron chi connectivity index (χ4n) is 2.65. The van der Waals surface area contributed by atoms with E-state index in [9.17, 15) is 9.59 Å². The molecule has 0 saturated heterocycles. The number of rotatable bonds is 6. The second-order valence-corrected chi connectivity index (χ2v) is 5.51. The van der Waals surface area contributed by atoms with E-state index in [1.807, 2.05) is 6.92 Å². The standard InChI is InChI=1S/C14H26N2O3/c1-3-7-12(13(17)18)15-14(19)16(2)10-11-8-5-4-6-9-11/h11-12H,3-10H2,1-2H3,(H,15,19)(H,17,18). The van der Waals surface area contributed by atoms with E-state index in [2.05, 4.69) is 5.32 Å². The van der Waals surface area contributed by atoms with E-state index in [0.717, 1.165) is 13.0 Å². The maximum atomic E-state index is 12.0. The van der Waals surface area contributed by atoms with E-state index in [0.29, 0.717) is 12.3 Å². The first-order valence-electron chi connectivity index (χ1n) is 7.29. The summed E-state index contributed by atoms with van der Waals surface area (Å²) in [5.41, 5.74) is 0. The number of carbonyl (C=O) groups is 2. The molecule has 1 atom stereocenters. The summed E-state index contributed by atoms with van der Waals surface area (Å²) in [7, 11) is 1.74. The molecule has 1 saturated carbocycles. The Labute approximate surface area is 115 Å². The highest BCUT2D eigenvalue weighted by Gasteiger charge is 2.23. The molecule has 19 heavy (non-hydrogen) atoms. The molecule has 1 fully saturated rings. The Morgan fingerprint density at radius 3 is 2.47 bits per heavy atom. The number of carboxylic acid groups (broad SMARTS) is 1. The van der Waals surface area contributed by atoms with Crippen LogP contribution in [0.15, 0.2) is 0 Å². The molecular formula is C14H26N2O3. The van der Waals surface area contributed by atoms with Gasteiger partial charge in [-0.25, -0.2) is 9.59 Å². The van der Waals surface area contributed by atoms with Crippen LogP contribution in [0.3, 0.4) is 0 Å². The van der Waals surface area contributed by atoms with Crippen LogP contribution in [-0.4, -0.2) is 41.6 Å². The Hall–Kier alpha value is -1.26. The van der Waals surface area contributed by atoms with Crippen LogP contribution in [0.1, 0.15) is 51.9 Å². The third-order valence-corrected chi connectivity index (χ3v) is 3.78. The number of hydrogen-bond acceptors (Lipinski definition) is 2. The molecular weight excluding hydrogens is 244 g/mol. The molecule has 1 unspecified atom stereocenters. The summed E-state index contributed by atoms with van der Waals surface area (Å²) in [5.74, 6) is -0.389. The van der Waals surface area contributed by atoms with Crippen molar-refractivity contribution in [2.75, 3.05) is 13.6 Å². The molecule has 1 rings (SSSR count). The third-order valence-electron chi connectivity index (χ3n) is 3.78. The maximum absolute atomic E-state index is 12.0. The molecule has 0 spiro atoms. The molecule has 0 heterocycles. The SMILES string of the molecule is CCCC(NC(=O)N(C)CC1CCCCC1)C(=O)O. The van der Waals surface area contributed by atoms with Gasteiger partial charge in [0.05, 0.1) is 0 Å². The summed E-state index contributed by atoms with van der Waals surface area (Å²) in [6, 6.07) is -1.04. The fourth-order valence-corrected chi connectivity index (χ4v) is 2.65. The van der Waals surface area contributed by atoms with Crippen LogP contribution < -0.4 is 5.32 Å². The van der Waals surface area contributed by atoms with Crippen molar-refractivity contribution in [1.29, 1.82) is 0 Å². The average Bonchev–Trinajstić information content (AvgIpc) is 2.39. The van der Waals surface area contributed by atoms with Gasteiger partial charge in [0.2, 0.25) is 0 Å². The van der Waals surface area contributed by atoms with Gasteiger partial charge in [0, 0.05) is 13.6 Å². The summed E-state index contributed by atoms with van der Waals surface area (Å²) >= 11 is 0. The number of aliphatic carboxylic acids is 1. The molecule has 5 heteroatoms. The minimum Gasteiger partial charge on any atom is -0.480 e. The van der Waals surface area contributed by atoms with Gasteiger partial charge in [-0.15, -0.1) is 0 Å². The zero-order chi connectivity index (χ0) is 14.3. The molecule has 2 N–H and O–H groups in total. The molecule has 0 aromatic heterocycles. The zero-order valence-electron chi connectivity index (χ0n) is 12.0. The van der Waals surface area contributed by atoms with Gasteiger partial charge in [0.25, 0.3) is 0 Å². The van der Waals surface area contributed by atoms with E-state index < -0.39 is 12.0 Å². The monoisotopic (exact) mass is 270 g/mol. The Bertz CT molecular complexity index is 301. The molecule has 0 aromatic rings. The first-order valence-corrected chi connectivity index (χ1v) is 7.29. The van der Waals surface area contributed by atoms with Crippen LogP contribution in [-0.2, 0) is 4.79 Å². The normalized spacial score (nSPS) is 17.8. The van der Waals surface area contributed by atoms with E-state index in [4.69, 9.17) is 5.11 Å². The molecule has 0 radical (unpaired) electrons. The van der Waals surface area contributed by atoms with E-state index >= 15 is 0 Å². The predicted molar refractivity (Wildman–Crippen MR) is 74.1 cm³/mol. The van der Waals surface area contributed by atoms with Crippen molar-refractivity contribution in [2.24, 2.45) is 5.92 Å². The van der Waals surface area contributed by atoms with Crippen LogP contribution >= 0.6 is 0 Å². The van der Waals surface area contributed by atoms with Crippen LogP contribution in [0.2, 0.25) is 0 Å². The lowest BCUT2D eigenvalue weighted by atomic mass is 9.89. The Balaban J connectivity index is 2.39. The van der Waals surface area contributed by atoms with Crippen molar-refractivity contribution in [1.82, 2.24) is 10.2 Å². The summed E-state index contributed by atoms with van der Waals surface area (Å²) in [6.45, 7) is 2.64. The molecule has 1 aliphatic carbocycles. The Morgan fingerprint density at radius 1 is 1.32 bits per heavy atom. The topological polar surface area (TPSA) is 69.6 Å². The first-order chi connectivity index (χ1) is 9.04. The molecule has 0 aromatic carbocycles. The average molecular weight is 270 g/mol. The van der Waals surface area contributed by atoms with Gasteiger partial charge in [-0.2, -0.15) is 0 Å². The van der Waals surface area contributed by atoms with Gasteiger partial charge < -0.3 is 15.3 Å². The number of hydrogen-bond donors (Lipinski definition) is 2. The third kappa shape index (κ3) is 5.49. The van der Waals surface area contributed by atoms with Crippen molar-refractivity contribution in [3.05, 3.63) is 0 Å². The smallest absolute Gasteiger partial charge is 0.326 e. The van der Waals surface area contributed by atoms with Crippen molar-refractivity contribution in [2.45, 2.75) is 57.9 Å². The fraction of sp³-hybridized carbons (Fsp3) is 0.857. The van der Waals surface area contributed by atoms with E-state index in [1.54, 1.807) is 11.9 Å². The van der Waals surface area contributed by atoms with Gasteiger partial charge in [-0.05, 0) is 25.2 Å². The predicted octanol–water partition coefficient (Wildman–Crippen LogP) is 2.46. The second kappa shape index (κ2) is 8.02. The van der Waals surface area contributed by atoms with Gasteiger partial charge in [-0.3, -0.25) is 0 Å².